The van der Waals surface area contributed by atoms with Gasteiger partial charge in [0.25, 0.3) is 0 Å². The molecule has 2 aliphatic rings. The zero-order chi connectivity index (χ0) is 21.2. The first-order chi connectivity index (χ1) is 13.1. The Kier molecular flexibility index (Phi) is 7.55. The maximum absolute atomic E-state index is 11.0. The standard InChI is InChI=1S/C14H25N3O11/c1-4(16-17-15)14(25)10(23)12(24)26-6(3-19)11(14)28-13-9(22)8(21)7(20)5(2-18)27-13/h4-13,18-25H,2-3H2,1H3/t4?,5-,6-,7?,8?,9?,10-,11-,12?,13?,14-/m1/s1. The van der Waals surface area contributed by atoms with Crippen LogP contribution in [0.5, 0.6) is 0 Å². The molecule has 2 saturated heterocycles. The molecule has 2 rings (SSSR count). The molecule has 0 aromatic rings. The van der Waals surface area contributed by atoms with Gasteiger partial charge in [0.05, 0.1) is 19.3 Å². The summed E-state index contributed by atoms with van der Waals surface area (Å²) in [7, 11) is 0. The normalized spacial score (nSPS) is 48.0. The highest BCUT2D eigenvalue weighted by atomic mass is 16.7. The Morgan fingerprint density at radius 3 is 2.18 bits per heavy atom. The minimum absolute atomic E-state index is 0.740. The van der Waals surface area contributed by atoms with Crippen molar-refractivity contribution in [2.45, 2.75) is 73.9 Å². The average molecular weight is 411 g/mol. The quantitative estimate of drug-likeness (QED) is 0.118. The number of ether oxygens (including phenoxy) is 3. The third-order valence-electron chi connectivity index (χ3n) is 5.05. The first kappa shape index (κ1) is 23.2. The molecule has 2 aliphatic heterocycles. The highest BCUT2D eigenvalue weighted by Gasteiger charge is 2.60. The number of rotatable bonds is 6. The summed E-state index contributed by atoms with van der Waals surface area (Å²) in [6, 6.07) is -1.41. The van der Waals surface area contributed by atoms with Crippen molar-refractivity contribution in [3.05, 3.63) is 10.4 Å². The van der Waals surface area contributed by atoms with Crippen LogP contribution in [0.1, 0.15) is 6.92 Å². The summed E-state index contributed by atoms with van der Waals surface area (Å²) >= 11 is 0. The van der Waals surface area contributed by atoms with E-state index in [1.54, 1.807) is 0 Å². The molecule has 14 nitrogen and oxygen atoms in total. The van der Waals surface area contributed by atoms with Crippen LogP contribution in [0.15, 0.2) is 5.11 Å². The van der Waals surface area contributed by atoms with E-state index in [0.717, 1.165) is 0 Å². The van der Waals surface area contributed by atoms with Gasteiger partial charge in [0.1, 0.15) is 48.3 Å². The van der Waals surface area contributed by atoms with Gasteiger partial charge >= 0.3 is 0 Å². The minimum Gasteiger partial charge on any atom is -0.394 e. The molecule has 28 heavy (non-hydrogen) atoms. The Morgan fingerprint density at radius 1 is 1.04 bits per heavy atom. The molecule has 0 bridgehead atoms. The maximum atomic E-state index is 11.0. The largest absolute Gasteiger partial charge is 0.394 e. The van der Waals surface area contributed by atoms with Crippen LogP contribution >= 0.6 is 0 Å². The third-order valence-corrected chi connectivity index (χ3v) is 5.05. The van der Waals surface area contributed by atoms with E-state index in [9.17, 15) is 40.9 Å². The molecule has 0 spiro atoms. The van der Waals surface area contributed by atoms with E-state index >= 15 is 0 Å². The van der Waals surface area contributed by atoms with Crippen LogP contribution in [-0.2, 0) is 14.2 Å². The predicted molar refractivity (Wildman–Crippen MR) is 86.2 cm³/mol. The lowest BCUT2D eigenvalue weighted by atomic mass is 9.79. The summed E-state index contributed by atoms with van der Waals surface area (Å²) in [5.41, 5.74) is 6.16. The summed E-state index contributed by atoms with van der Waals surface area (Å²) < 4.78 is 15.6. The first-order valence-corrected chi connectivity index (χ1v) is 8.48. The number of aliphatic hydroxyl groups excluding tert-OH is 7. The fourth-order valence-corrected chi connectivity index (χ4v) is 3.33. The topological polar surface area (TPSA) is 238 Å². The van der Waals surface area contributed by atoms with E-state index < -0.39 is 80.2 Å². The number of hydrogen-bond donors (Lipinski definition) is 8. The van der Waals surface area contributed by atoms with Gasteiger partial charge in [0, 0.05) is 4.91 Å². The van der Waals surface area contributed by atoms with Gasteiger partial charge in [-0.15, -0.1) is 0 Å². The first-order valence-electron chi connectivity index (χ1n) is 8.48. The van der Waals surface area contributed by atoms with E-state index in [-0.39, 0.29) is 0 Å². The Hall–Kier alpha value is -1.13. The van der Waals surface area contributed by atoms with E-state index in [4.69, 9.17) is 19.7 Å². The van der Waals surface area contributed by atoms with Crippen molar-refractivity contribution >= 4 is 0 Å². The fraction of sp³-hybridized carbons (Fsp3) is 1.00. The molecular weight excluding hydrogens is 386 g/mol. The molecule has 6 unspecified atom stereocenters. The number of aliphatic hydroxyl groups is 8. The second-order valence-electron chi connectivity index (χ2n) is 6.71. The summed E-state index contributed by atoms with van der Waals surface area (Å²) in [5.74, 6) is 0. The summed E-state index contributed by atoms with van der Waals surface area (Å²) in [6.45, 7) is -0.355. The Labute approximate surface area is 158 Å². The van der Waals surface area contributed by atoms with Gasteiger partial charge in [-0.1, -0.05) is 12.0 Å². The summed E-state index contributed by atoms with van der Waals surface area (Å²) in [6.07, 6.45) is -15.6. The van der Waals surface area contributed by atoms with Gasteiger partial charge in [0.15, 0.2) is 12.6 Å². The molecule has 0 radical (unpaired) electrons. The lowest BCUT2D eigenvalue weighted by molar-refractivity contribution is -0.377. The van der Waals surface area contributed by atoms with E-state index in [2.05, 4.69) is 10.0 Å². The Bertz CT molecular complexity index is 577. The molecule has 0 aliphatic carbocycles. The molecule has 8 N–H and O–H groups in total. The number of nitrogens with zero attached hydrogens (tertiary/aromatic N) is 3. The maximum Gasteiger partial charge on any atom is 0.187 e. The number of azide groups is 1. The van der Waals surface area contributed by atoms with Crippen LogP contribution in [0, 0.1) is 0 Å². The second kappa shape index (κ2) is 9.13. The van der Waals surface area contributed by atoms with Gasteiger partial charge in [-0.25, -0.2) is 0 Å². The molecule has 2 fully saturated rings. The van der Waals surface area contributed by atoms with Crippen LogP contribution < -0.4 is 0 Å². The highest BCUT2D eigenvalue weighted by molar-refractivity contribution is 5.08. The molecular formula is C14H25N3O11. The zero-order valence-electron chi connectivity index (χ0n) is 14.8. The molecule has 14 heteroatoms. The SMILES string of the molecule is CC(N=[N+]=[N-])[C@@]1(O)[C@H](O)C(O)O[C@H](CO)[C@H]1OC1O[C@H](CO)C(O)C(O)C1O. The van der Waals surface area contributed by atoms with E-state index in [1.165, 1.54) is 6.92 Å². The van der Waals surface area contributed by atoms with Crippen LogP contribution in [-0.4, -0.2) is 121 Å². The molecule has 0 saturated carbocycles. The van der Waals surface area contributed by atoms with Gasteiger partial charge in [-0.05, 0) is 5.53 Å². The lowest BCUT2D eigenvalue weighted by Gasteiger charge is -2.52. The van der Waals surface area contributed by atoms with Crippen molar-refractivity contribution in [3.8, 4) is 0 Å². The lowest BCUT2D eigenvalue weighted by Crippen LogP contribution is -2.73. The smallest absolute Gasteiger partial charge is 0.187 e. The van der Waals surface area contributed by atoms with Crippen molar-refractivity contribution in [2.24, 2.45) is 5.11 Å². The van der Waals surface area contributed by atoms with Gasteiger partial charge in [0.2, 0.25) is 0 Å². The van der Waals surface area contributed by atoms with Crippen LogP contribution in [0.3, 0.4) is 0 Å². The third kappa shape index (κ3) is 3.95. The second-order valence-corrected chi connectivity index (χ2v) is 6.71. The molecule has 2 heterocycles. The van der Waals surface area contributed by atoms with Gasteiger partial charge in [-0.2, -0.15) is 0 Å². The highest BCUT2D eigenvalue weighted by Crippen LogP contribution is 2.37. The molecule has 11 atom stereocenters. The summed E-state index contributed by atoms with van der Waals surface area (Å²) in [4.78, 5) is 2.54. The van der Waals surface area contributed by atoms with E-state index in [0.29, 0.717) is 0 Å². The van der Waals surface area contributed by atoms with Crippen LogP contribution in [0.4, 0.5) is 0 Å². The van der Waals surface area contributed by atoms with Crippen molar-refractivity contribution in [3.63, 3.8) is 0 Å². The molecule has 0 aromatic carbocycles. The average Bonchev–Trinajstić information content (AvgIpc) is 2.68. The monoisotopic (exact) mass is 411 g/mol. The van der Waals surface area contributed by atoms with Gasteiger partial charge in [-0.3, -0.25) is 0 Å². The fourth-order valence-electron chi connectivity index (χ4n) is 3.33. The van der Waals surface area contributed by atoms with Crippen molar-refractivity contribution < 1.29 is 55.1 Å². The van der Waals surface area contributed by atoms with Crippen LogP contribution in [0.2, 0.25) is 0 Å². The van der Waals surface area contributed by atoms with E-state index in [1.807, 2.05) is 0 Å². The zero-order valence-corrected chi connectivity index (χ0v) is 14.8. The minimum atomic E-state index is -2.50. The van der Waals surface area contributed by atoms with Crippen molar-refractivity contribution in [1.82, 2.24) is 0 Å². The predicted octanol–water partition coefficient (Wildman–Crippen LogP) is -4.33. The molecule has 162 valence electrons. The molecule has 0 aromatic heterocycles. The van der Waals surface area contributed by atoms with Crippen molar-refractivity contribution in [2.75, 3.05) is 13.2 Å². The van der Waals surface area contributed by atoms with Gasteiger partial charge < -0.3 is 55.1 Å². The number of hydrogen-bond acceptors (Lipinski definition) is 12. The van der Waals surface area contributed by atoms with Crippen LogP contribution in [0.25, 0.3) is 10.4 Å². The van der Waals surface area contributed by atoms with Crippen molar-refractivity contribution in [1.29, 1.82) is 0 Å². The summed E-state index contributed by atoms with van der Waals surface area (Å²) in [5, 5.41) is 83.1. The Balaban J connectivity index is 2.38. The molecule has 0 amide bonds. The Morgan fingerprint density at radius 2 is 1.64 bits per heavy atom.